The van der Waals surface area contributed by atoms with Crippen LogP contribution in [0.1, 0.15) is 23.6 Å². The van der Waals surface area contributed by atoms with Gasteiger partial charge in [-0.3, -0.25) is 0 Å². The van der Waals surface area contributed by atoms with Crippen LogP contribution in [0, 0.1) is 5.82 Å². The Morgan fingerprint density at radius 3 is 2.38 bits per heavy atom. The predicted octanol–water partition coefficient (Wildman–Crippen LogP) is 2.23. The minimum Gasteiger partial charge on any atom is -0.396 e. The number of nitrogens with two attached hydrogens (primary N) is 1. The minimum absolute atomic E-state index is 0.171. The van der Waals surface area contributed by atoms with Crippen molar-refractivity contribution in [3.05, 3.63) is 35.1 Å². The number of aliphatic hydroxyl groups excluding tert-OH is 1. The van der Waals surface area contributed by atoms with Crippen molar-refractivity contribution >= 4 is 0 Å². The van der Waals surface area contributed by atoms with Crippen LogP contribution in [0.2, 0.25) is 0 Å². The fraction of sp³-hybridized carbons (Fsp3) is 0.400. The van der Waals surface area contributed by atoms with Gasteiger partial charge in [0.05, 0.1) is 5.56 Å². The van der Waals surface area contributed by atoms with Gasteiger partial charge in [-0.25, -0.2) is 4.39 Å². The molecular weight excluding hydrogens is 226 g/mol. The summed E-state index contributed by atoms with van der Waals surface area (Å²) in [5.41, 5.74) is 4.45. The number of benzene rings is 1. The van der Waals surface area contributed by atoms with Gasteiger partial charge in [-0.15, -0.1) is 0 Å². The molecule has 0 aliphatic heterocycles. The maximum Gasteiger partial charge on any atom is 0.419 e. The van der Waals surface area contributed by atoms with Gasteiger partial charge < -0.3 is 10.8 Å². The Hall–Kier alpha value is -1.14. The Labute approximate surface area is 89.7 Å². The molecule has 2 nitrogen and oxygen atoms in total. The molecule has 1 aromatic carbocycles. The summed E-state index contributed by atoms with van der Waals surface area (Å²) in [5, 5.41) is 8.60. The lowest BCUT2D eigenvalue weighted by atomic mass is 10.0. The van der Waals surface area contributed by atoms with Crippen LogP contribution >= 0.6 is 0 Å². The first-order valence-corrected chi connectivity index (χ1v) is 4.59. The van der Waals surface area contributed by atoms with E-state index in [1.165, 1.54) is 0 Å². The molecule has 0 aliphatic carbocycles. The zero-order valence-electron chi connectivity index (χ0n) is 8.26. The maximum absolute atomic E-state index is 13.1. The van der Waals surface area contributed by atoms with E-state index < -0.39 is 23.6 Å². The molecule has 0 saturated heterocycles. The van der Waals surface area contributed by atoms with Gasteiger partial charge in [0.1, 0.15) is 5.82 Å². The number of aliphatic hydroxyl groups is 1. The lowest BCUT2D eigenvalue weighted by molar-refractivity contribution is -0.140. The van der Waals surface area contributed by atoms with Crippen molar-refractivity contribution < 1.29 is 22.7 Å². The fourth-order valence-corrected chi connectivity index (χ4v) is 1.30. The molecule has 1 aromatic rings. The van der Waals surface area contributed by atoms with E-state index in [0.29, 0.717) is 6.07 Å². The summed E-state index contributed by atoms with van der Waals surface area (Å²) in [5.74, 6) is -1.35. The largest absolute Gasteiger partial charge is 0.419 e. The number of hydrogen-bond acceptors (Lipinski definition) is 2. The van der Waals surface area contributed by atoms with Crippen LogP contribution < -0.4 is 5.73 Å². The number of alkyl halides is 3. The summed E-state index contributed by atoms with van der Waals surface area (Å²) >= 11 is 0. The van der Waals surface area contributed by atoms with E-state index in [2.05, 4.69) is 0 Å². The second-order valence-electron chi connectivity index (χ2n) is 3.36. The second-order valence-corrected chi connectivity index (χ2v) is 3.36. The Bertz CT molecular complexity index is 364. The molecule has 0 aliphatic rings. The van der Waals surface area contributed by atoms with Crippen molar-refractivity contribution in [2.75, 3.05) is 6.61 Å². The van der Waals surface area contributed by atoms with Gasteiger partial charge in [0.25, 0.3) is 0 Å². The summed E-state index contributed by atoms with van der Waals surface area (Å²) in [4.78, 5) is 0. The van der Waals surface area contributed by atoms with Gasteiger partial charge >= 0.3 is 6.18 Å². The Kier molecular flexibility index (Phi) is 3.88. The summed E-state index contributed by atoms with van der Waals surface area (Å²) < 4.78 is 49.8. The van der Waals surface area contributed by atoms with E-state index in [1.807, 2.05) is 0 Å². The van der Waals surface area contributed by atoms with Crippen molar-refractivity contribution in [2.45, 2.75) is 18.6 Å². The summed E-state index contributed by atoms with van der Waals surface area (Å²) in [7, 11) is 0. The maximum atomic E-state index is 13.1. The molecule has 0 spiro atoms. The lowest BCUT2D eigenvalue weighted by Gasteiger charge is -2.13. The molecule has 0 saturated carbocycles. The van der Waals surface area contributed by atoms with E-state index >= 15 is 0 Å². The Balaban J connectivity index is 3.00. The van der Waals surface area contributed by atoms with E-state index in [0.717, 1.165) is 12.1 Å². The molecule has 0 bridgehead atoms. The Morgan fingerprint density at radius 2 is 1.94 bits per heavy atom. The van der Waals surface area contributed by atoms with Crippen LogP contribution in [0.3, 0.4) is 0 Å². The van der Waals surface area contributed by atoms with Gasteiger partial charge in [-0.05, 0) is 24.1 Å². The fourth-order valence-electron chi connectivity index (χ4n) is 1.30. The molecule has 1 rings (SSSR count). The SMILES string of the molecule is N[C@@H](CCO)c1ccc(C(F)(F)F)c(F)c1. The molecule has 3 N–H and O–H groups in total. The number of rotatable bonds is 3. The molecule has 0 heterocycles. The highest BCUT2D eigenvalue weighted by Gasteiger charge is 2.34. The van der Waals surface area contributed by atoms with Crippen molar-refractivity contribution in [2.24, 2.45) is 5.73 Å². The van der Waals surface area contributed by atoms with Gasteiger partial charge in [-0.2, -0.15) is 13.2 Å². The summed E-state index contributed by atoms with van der Waals surface area (Å²) in [6, 6.07) is 1.86. The molecule has 0 radical (unpaired) electrons. The molecule has 90 valence electrons. The first-order chi connectivity index (χ1) is 7.36. The molecule has 0 aromatic heterocycles. The van der Waals surface area contributed by atoms with Crippen LogP contribution in [0.25, 0.3) is 0 Å². The van der Waals surface area contributed by atoms with Gasteiger partial charge in [0.2, 0.25) is 0 Å². The quantitative estimate of drug-likeness (QED) is 0.792. The third kappa shape index (κ3) is 2.93. The molecule has 16 heavy (non-hydrogen) atoms. The highest BCUT2D eigenvalue weighted by molar-refractivity contribution is 5.28. The van der Waals surface area contributed by atoms with E-state index in [9.17, 15) is 17.6 Å². The van der Waals surface area contributed by atoms with Crippen LogP contribution in [-0.2, 0) is 6.18 Å². The molecular formula is C10H11F4NO. The summed E-state index contributed by atoms with van der Waals surface area (Å²) in [6.07, 6.45) is -4.53. The average molecular weight is 237 g/mol. The van der Waals surface area contributed by atoms with E-state index in [1.54, 1.807) is 0 Å². The highest BCUT2D eigenvalue weighted by Crippen LogP contribution is 2.32. The van der Waals surface area contributed by atoms with Crippen LogP contribution in [0.15, 0.2) is 18.2 Å². The monoisotopic (exact) mass is 237 g/mol. The predicted molar refractivity (Wildman–Crippen MR) is 50.0 cm³/mol. The lowest BCUT2D eigenvalue weighted by Crippen LogP contribution is -2.14. The van der Waals surface area contributed by atoms with Gasteiger partial charge in [0, 0.05) is 12.6 Å². The molecule has 0 fully saturated rings. The highest BCUT2D eigenvalue weighted by atomic mass is 19.4. The van der Waals surface area contributed by atoms with Gasteiger partial charge in [0.15, 0.2) is 0 Å². The van der Waals surface area contributed by atoms with Gasteiger partial charge in [-0.1, -0.05) is 6.07 Å². The van der Waals surface area contributed by atoms with Crippen molar-refractivity contribution in [3.8, 4) is 0 Å². The molecule has 6 heteroatoms. The smallest absolute Gasteiger partial charge is 0.396 e. The molecule has 0 unspecified atom stereocenters. The first kappa shape index (κ1) is 12.9. The normalized spacial score (nSPS) is 13.9. The van der Waals surface area contributed by atoms with Crippen LogP contribution in [0.5, 0.6) is 0 Å². The van der Waals surface area contributed by atoms with Crippen LogP contribution in [-0.4, -0.2) is 11.7 Å². The Morgan fingerprint density at radius 1 is 1.31 bits per heavy atom. The van der Waals surface area contributed by atoms with Crippen molar-refractivity contribution in [1.29, 1.82) is 0 Å². The molecule has 1 atom stereocenters. The van der Waals surface area contributed by atoms with Crippen molar-refractivity contribution in [1.82, 2.24) is 0 Å². The third-order valence-corrected chi connectivity index (χ3v) is 2.17. The topological polar surface area (TPSA) is 46.2 Å². The average Bonchev–Trinajstić information content (AvgIpc) is 2.16. The zero-order chi connectivity index (χ0) is 12.3. The van der Waals surface area contributed by atoms with E-state index in [-0.39, 0.29) is 18.6 Å². The van der Waals surface area contributed by atoms with Crippen LogP contribution in [0.4, 0.5) is 17.6 Å². The third-order valence-electron chi connectivity index (χ3n) is 2.17. The summed E-state index contributed by atoms with van der Waals surface area (Å²) in [6.45, 7) is -0.205. The second kappa shape index (κ2) is 4.80. The van der Waals surface area contributed by atoms with E-state index in [4.69, 9.17) is 10.8 Å². The standard InChI is InChI=1S/C10H11F4NO/c11-8-5-6(9(15)3-4-16)1-2-7(8)10(12,13)14/h1-2,5,9,16H,3-4,15H2/t9-/m0/s1. The van der Waals surface area contributed by atoms with Crippen molar-refractivity contribution in [3.63, 3.8) is 0 Å². The number of hydrogen-bond donors (Lipinski definition) is 2. The minimum atomic E-state index is -4.70. The number of halogens is 4. The molecule has 0 amide bonds. The zero-order valence-corrected chi connectivity index (χ0v) is 8.26. The first-order valence-electron chi connectivity index (χ1n) is 4.59.